The van der Waals surface area contributed by atoms with Crippen molar-refractivity contribution in [2.24, 2.45) is 0 Å². The van der Waals surface area contributed by atoms with Gasteiger partial charge in [0.2, 0.25) is 17.8 Å². The molecule has 0 saturated carbocycles. The van der Waals surface area contributed by atoms with E-state index < -0.39 is 5.97 Å². The van der Waals surface area contributed by atoms with E-state index in [1.165, 1.54) is 0 Å². The minimum atomic E-state index is -0.711. The highest BCUT2D eigenvalue weighted by atomic mass is 16.4. The molecule has 0 atom stereocenters. The summed E-state index contributed by atoms with van der Waals surface area (Å²) in [6.45, 7) is 1.84. The maximum absolute atomic E-state index is 9.60. The first-order valence-electron chi connectivity index (χ1n) is 4.20. The number of hydrogen-bond donors (Lipinski definition) is 4. The van der Waals surface area contributed by atoms with Crippen molar-refractivity contribution in [3.63, 3.8) is 0 Å². The third kappa shape index (κ3) is 6.99. The number of aromatic nitrogens is 3. The van der Waals surface area contributed by atoms with E-state index in [0.29, 0.717) is 6.42 Å². The van der Waals surface area contributed by atoms with Gasteiger partial charge in [0, 0.05) is 6.42 Å². The van der Waals surface area contributed by atoms with E-state index in [0.717, 1.165) is 6.42 Å². The molecule has 0 aliphatic rings. The molecule has 0 aliphatic heterocycles. The molecule has 0 spiro atoms. The SMILES string of the molecule is CCCC(=O)O.Nc1nc(N)nc(N)n1. The second-order valence-electron chi connectivity index (χ2n) is 2.55. The van der Waals surface area contributed by atoms with Gasteiger partial charge < -0.3 is 22.3 Å². The Balaban J connectivity index is 0.000000288. The number of carboxylic acid groups (broad SMARTS) is 1. The Labute approximate surface area is 86.5 Å². The molecular weight excluding hydrogens is 200 g/mol. The van der Waals surface area contributed by atoms with Crippen LogP contribution in [0, 0.1) is 0 Å². The van der Waals surface area contributed by atoms with Crippen LogP contribution < -0.4 is 17.2 Å². The van der Waals surface area contributed by atoms with Gasteiger partial charge in [-0.25, -0.2) is 0 Å². The summed E-state index contributed by atoms with van der Waals surface area (Å²) in [5.74, 6) is -0.586. The van der Waals surface area contributed by atoms with Gasteiger partial charge in [0.1, 0.15) is 0 Å². The van der Waals surface area contributed by atoms with Crippen LogP contribution in [0.15, 0.2) is 0 Å². The Morgan fingerprint density at radius 1 is 1.13 bits per heavy atom. The van der Waals surface area contributed by atoms with Gasteiger partial charge in [0.05, 0.1) is 0 Å². The summed E-state index contributed by atoms with van der Waals surface area (Å²) in [7, 11) is 0. The van der Waals surface area contributed by atoms with E-state index in [4.69, 9.17) is 22.3 Å². The molecule has 15 heavy (non-hydrogen) atoms. The Hall–Kier alpha value is -2.12. The fourth-order valence-corrected chi connectivity index (χ4v) is 0.641. The smallest absolute Gasteiger partial charge is 0.303 e. The molecule has 0 radical (unpaired) electrons. The molecule has 84 valence electrons. The Morgan fingerprint density at radius 2 is 1.47 bits per heavy atom. The van der Waals surface area contributed by atoms with Gasteiger partial charge in [-0.15, -0.1) is 0 Å². The lowest BCUT2D eigenvalue weighted by molar-refractivity contribution is -0.137. The number of nitrogens with two attached hydrogens (primary N) is 3. The molecule has 0 fully saturated rings. The molecule has 0 unspecified atom stereocenters. The molecule has 1 aromatic rings. The molecule has 1 aromatic heterocycles. The molecule has 8 heteroatoms. The summed E-state index contributed by atoms with van der Waals surface area (Å²) < 4.78 is 0. The highest BCUT2D eigenvalue weighted by Crippen LogP contribution is 1.97. The maximum Gasteiger partial charge on any atom is 0.303 e. The van der Waals surface area contributed by atoms with Crippen LogP contribution in [0.1, 0.15) is 19.8 Å². The molecule has 0 aliphatic carbocycles. The number of rotatable bonds is 2. The third-order valence-corrected chi connectivity index (χ3v) is 1.15. The fourth-order valence-electron chi connectivity index (χ4n) is 0.641. The zero-order valence-corrected chi connectivity index (χ0v) is 8.34. The van der Waals surface area contributed by atoms with Gasteiger partial charge >= 0.3 is 5.97 Å². The summed E-state index contributed by atoms with van der Waals surface area (Å²) in [4.78, 5) is 20.1. The number of anilines is 3. The average Bonchev–Trinajstić information content (AvgIpc) is 2.00. The number of nitrogens with zero attached hydrogens (tertiary/aromatic N) is 3. The normalized spacial score (nSPS) is 8.87. The summed E-state index contributed by atoms with van der Waals surface area (Å²) in [5.41, 5.74) is 15.4. The van der Waals surface area contributed by atoms with E-state index in [1.807, 2.05) is 6.92 Å². The van der Waals surface area contributed by atoms with Crippen molar-refractivity contribution >= 4 is 23.8 Å². The van der Waals surface area contributed by atoms with Crippen molar-refractivity contribution in [3.05, 3.63) is 0 Å². The van der Waals surface area contributed by atoms with E-state index in [9.17, 15) is 4.79 Å². The summed E-state index contributed by atoms with van der Waals surface area (Å²) in [6, 6.07) is 0. The van der Waals surface area contributed by atoms with Gasteiger partial charge in [-0.1, -0.05) is 6.92 Å². The molecule has 8 nitrogen and oxygen atoms in total. The number of nitrogen functional groups attached to an aromatic ring is 3. The van der Waals surface area contributed by atoms with Crippen molar-refractivity contribution in [1.29, 1.82) is 0 Å². The zero-order chi connectivity index (χ0) is 11.8. The summed E-state index contributed by atoms with van der Waals surface area (Å²) in [6.07, 6.45) is 1.02. The monoisotopic (exact) mass is 214 g/mol. The predicted molar refractivity (Wildman–Crippen MR) is 55.6 cm³/mol. The van der Waals surface area contributed by atoms with Crippen molar-refractivity contribution < 1.29 is 9.90 Å². The lowest BCUT2D eigenvalue weighted by Crippen LogP contribution is -2.05. The van der Waals surface area contributed by atoms with Crippen molar-refractivity contribution in [2.75, 3.05) is 17.2 Å². The molecule has 1 heterocycles. The molecule has 0 saturated heterocycles. The molecule has 0 aromatic carbocycles. The molecular formula is C7H14N6O2. The summed E-state index contributed by atoms with van der Waals surface area (Å²) >= 11 is 0. The van der Waals surface area contributed by atoms with Crippen LogP contribution in [0.25, 0.3) is 0 Å². The largest absolute Gasteiger partial charge is 0.481 e. The van der Waals surface area contributed by atoms with Crippen LogP contribution in [-0.2, 0) is 4.79 Å². The molecule has 0 amide bonds. The van der Waals surface area contributed by atoms with E-state index in [2.05, 4.69) is 15.0 Å². The third-order valence-electron chi connectivity index (χ3n) is 1.15. The predicted octanol–water partition coefficient (Wildman–Crippen LogP) is -0.511. The first-order valence-corrected chi connectivity index (χ1v) is 4.20. The van der Waals surface area contributed by atoms with Gasteiger partial charge in [-0.2, -0.15) is 15.0 Å². The number of carbonyl (C=O) groups is 1. The lowest BCUT2D eigenvalue weighted by Gasteiger charge is -1.93. The van der Waals surface area contributed by atoms with Crippen molar-refractivity contribution in [3.8, 4) is 0 Å². The minimum Gasteiger partial charge on any atom is -0.481 e. The Kier molecular flexibility index (Phi) is 5.45. The average molecular weight is 214 g/mol. The fraction of sp³-hybridized carbons (Fsp3) is 0.429. The standard InChI is InChI=1S/C4H8O2.C3H6N6/c1-2-3-4(5)6;4-1-7-2(5)9-3(6)8-1/h2-3H2,1H3,(H,5,6);(H6,4,5,6,7,8,9). The second-order valence-corrected chi connectivity index (χ2v) is 2.55. The van der Waals surface area contributed by atoms with Crippen LogP contribution in [0.5, 0.6) is 0 Å². The second kappa shape index (κ2) is 6.35. The van der Waals surface area contributed by atoms with Crippen LogP contribution in [0.2, 0.25) is 0 Å². The number of aliphatic carboxylic acids is 1. The van der Waals surface area contributed by atoms with Gasteiger partial charge in [0.25, 0.3) is 0 Å². The maximum atomic E-state index is 9.60. The first kappa shape index (κ1) is 12.9. The van der Waals surface area contributed by atoms with Crippen LogP contribution >= 0.6 is 0 Å². The lowest BCUT2D eigenvalue weighted by atomic mass is 10.4. The molecule has 1 rings (SSSR count). The van der Waals surface area contributed by atoms with Gasteiger partial charge in [-0.05, 0) is 6.42 Å². The topological polar surface area (TPSA) is 154 Å². The quantitative estimate of drug-likeness (QED) is 0.513. The molecule has 0 bridgehead atoms. The van der Waals surface area contributed by atoms with E-state index in [-0.39, 0.29) is 17.8 Å². The van der Waals surface area contributed by atoms with E-state index >= 15 is 0 Å². The van der Waals surface area contributed by atoms with Crippen LogP contribution in [-0.4, -0.2) is 26.0 Å². The van der Waals surface area contributed by atoms with Crippen LogP contribution in [0.3, 0.4) is 0 Å². The minimum absolute atomic E-state index is 0.0417. The Morgan fingerprint density at radius 3 is 1.60 bits per heavy atom. The highest BCUT2D eigenvalue weighted by molar-refractivity contribution is 5.66. The molecule has 7 N–H and O–H groups in total. The van der Waals surface area contributed by atoms with Gasteiger partial charge in [0.15, 0.2) is 0 Å². The van der Waals surface area contributed by atoms with Crippen LogP contribution in [0.4, 0.5) is 17.8 Å². The first-order chi connectivity index (χ1) is 6.95. The van der Waals surface area contributed by atoms with Crippen molar-refractivity contribution in [1.82, 2.24) is 15.0 Å². The Bertz CT molecular complexity index is 279. The highest BCUT2D eigenvalue weighted by Gasteiger charge is 1.93. The van der Waals surface area contributed by atoms with Crippen molar-refractivity contribution in [2.45, 2.75) is 19.8 Å². The van der Waals surface area contributed by atoms with Gasteiger partial charge in [-0.3, -0.25) is 4.79 Å². The van der Waals surface area contributed by atoms with E-state index in [1.54, 1.807) is 0 Å². The summed E-state index contributed by atoms with van der Waals surface area (Å²) in [5, 5.41) is 7.91. The number of hydrogen-bond acceptors (Lipinski definition) is 7. The number of carboxylic acids is 1. The zero-order valence-electron chi connectivity index (χ0n) is 8.34.